The number of aliphatic carboxylic acids is 2. The molecular weight excluding hydrogens is 184 g/mol. The van der Waals surface area contributed by atoms with Crippen LogP contribution in [0.1, 0.15) is 0 Å². The number of rotatable bonds is 0. The van der Waals surface area contributed by atoms with Gasteiger partial charge in [-0.2, -0.15) is 0 Å². The Bertz CT molecular complexity index is 77.6. The van der Waals surface area contributed by atoms with Crippen LogP contribution in [-0.4, -0.2) is 22.9 Å². The van der Waals surface area contributed by atoms with Crippen LogP contribution in [0, 0.1) is 0 Å². The molecule has 0 aromatic heterocycles. The molecule has 0 saturated heterocycles. The van der Waals surface area contributed by atoms with Gasteiger partial charge in [0.15, 0.2) is 0 Å². The van der Waals surface area contributed by atoms with Crippen LogP contribution in [0.4, 0.5) is 0 Å². The first-order chi connectivity index (χ1) is 2.64. The molecule has 0 amide bonds. The van der Waals surface area contributed by atoms with Crippen molar-refractivity contribution in [1.29, 1.82) is 0 Å². The SMILES string of the molecule is O.O.O=C([O-])C(=O)[O-].[O-2].[Ti+4]. The van der Waals surface area contributed by atoms with Gasteiger partial charge >= 0.3 is 21.7 Å². The van der Waals surface area contributed by atoms with E-state index in [-0.39, 0.29) is 38.1 Å². The first-order valence-electron chi connectivity index (χ1n) is 1.07. The van der Waals surface area contributed by atoms with Gasteiger partial charge in [-0.05, 0) is 0 Å². The van der Waals surface area contributed by atoms with Crippen molar-refractivity contribution in [2.75, 3.05) is 0 Å². The fourth-order valence-corrected chi connectivity index (χ4v) is 0. The molecule has 0 heterocycles. The summed E-state index contributed by atoms with van der Waals surface area (Å²) in [6.07, 6.45) is 0. The standard InChI is InChI=1S/C2H2O4.2H2O.O.Ti/c3-1(4)2(5)6;;;;/h(H,3,4)(H,5,6);2*1H2;;/q;;;-2;+4/p-2. The molecule has 58 valence electrons. The maximum Gasteiger partial charge on any atom is 4.00 e. The number of carboxylic acid groups (broad SMARTS) is 2. The third-order valence-electron chi connectivity index (χ3n) is 0.167. The summed E-state index contributed by atoms with van der Waals surface area (Å²) in [4.78, 5) is 17.9. The van der Waals surface area contributed by atoms with Gasteiger partial charge in [-0.15, -0.1) is 0 Å². The minimum atomic E-state index is -2.19. The second-order valence-electron chi connectivity index (χ2n) is 0.575. The molecule has 0 spiro atoms. The molecule has 0 bridgehead atoms. The Morgan fingerprint density at radius 3 is 1.00 bits per heavy atom. The molecule has 0 unspecified atom stereocenters. The predicted molar refractivity (Wildman–Crippen MR) is 17.9 cm³/mol. The molecule has 0 aliphatic heterocycles. The van der Waals surface area contributed by atoms with Crippen LogP contribution < -0.4 is 10.2 Å². The number of carbonyl (C=O) groups excluding carboxylic acids is 2. The van der Waals surface area contributed by atoms with Crippen LogP contribution in [0.3, 0.4) is 0 Å². The van der Waals surface area contributed by atoms with Gasteiger partial charge in [0, 0.05) is 0 Å². The van der Waals surface area contributed by atoms with E-state index in [1.807, 2.05) is 0 Å². The van der Waals surface area contributed by atoms with Crippen molar-refractivity contribution in [2.45, 2.75) is 0 Å². The van der Waals surface area contributed by atoms with Gasteiger partial charge in [-0.1, -0.05) is 0 Å². The molecule has 0 aliphatic rings. The molecule has 8 heteroatoms. The summed E-state index contributed by atoms with van der Waals surface area (Å²) < 4.78 is 0. The van der Waals surface area contributed by atoms with E-state index in [4.69, 9.17) is 19.8 Å². The Morgan fingerprint density at radius 2 is 1.00 bits per heavy atom. The Labute approximate surface area is 70.5 Å². The first-order valence-corrected chi connectivity index (χ1v) is 1.07. The minimum absolute atomic E-state index is 0. The van der Waals surface area contributed by atoms with Crippen LogP contribution in [-0.2, 0) is 36.8 Å². The van der Waals surface area contributed by atoms with Crippen LogP contribution in [0.25, 0.3) is 0 Å². The summed E-state index contributed by atoms with van der Waals surface area (Å²) >= 11 is 0. The zero-order valence-electron chi connectivity index (χ0n) is 4.54. The molecule has 0 fully saturated rings. The second kappa shape index (κ2) is 15.8. The molecule has 0 atom stereocenters. The fourth-order valence-electron chi connectivity index (χ4n) is 0. The van der Waals surface area contributed by atoms with E-state index in [1.165, 1.54) is 0 Å². The van der Waals surface area contributed by atoms with Crippen molar-refractivity contribution in [3.8, 4) is 0 Å². The van der Waals surface area contributed by atoms with Gasteiger partial charge in [0.25, 0.3) is 0 Å². The summed E-state index contributed by atoms with van der Waals surface area (Å²) in [5.41, 5.74) is 0. The molecule has 4 N–H and O–H groups in total. The van der Waals surface area contributed by atoms with Gasteiger partial charge in [-0.25, -0.2) is 0 Å². The van der Waals surface area contributed by atoms with Gasteiger partial charge in [0.05, 0.1) is 11.9 Å². The van der Waals surface area contributed by atoms with Crippen molar-refractivity contribution in [3.63, 3.8) is 0 Å². The van der Waals surface area contributed by atoms with E-state index in [9.17, 15) is 0 Å². The predicted octanol–water partition coefficient (Wildman–Crippen LogP) is -5.28. The van der Waals surface area contributed by atoms with Crippen molar-refractivity contribution >= 4 is 11.9 Å². The third kappa shape index (κ3) is 25.8. The molecule has 0 aliphatic carbocycles. The average molecular weight is 188 g/mol. The maximum absolute atomic E-state index is 8.93. The van der Waals surface area contributed by atoms with Crippen LogP contribution >= 0.6 is 0 Å². The molecule has 0 saturated carbocycles. The molecule has 10 heavy (non-hydrogen) atoms. The number of carbonyl (C=O) groups is 2. The van der Waals surface area contributed by atoms with Crippen molar-refractivity contribution in [2.24, 2.45) is 0 Å². The van der Waals surface area contributed by atoms with Crippen molar-refractivity contribution in [1.82, 2.24) is 0 Å². The van der Waals surface area contributed by atoms with E-state index < -0.39 is 11.9 Å². The van der Waals surface area contributed by atoms with Gasteiger partial charge < -0.3 is 36.2 Å². The number of carboxylic acids is 2. The monoisotopic (exact) mass is 188 g/mol. The van der Waals surface area contributed by atoms with Crippen LogP contribution in [0.15, 0.2) is 0 Å². The zero-order chi connectivity index (χ0) is 5.15. The van der Waals surface area contributed by atoms with Gasteiger partial charge in [0.1, 0.15) is 0 Å². The van der Waals surface area contributed by atoms with Gasteiger partial charge in [0.2, 0.25) is 0 Å². The van der Waals surface area contributed by atoms with Crippen molar-refractivity contribution < 1.29 is 57.9 Å². The maximum atomic E-state index is 8.93. The first kappa shape index (κ1) is 33.8. The van der Waals surface area contributed by atoms with E-state index in [0.29, 0.717) is 0 Å². The fraction of sp³-hybridized carbons (Fsp3) is 0. The molecule has 0 rings (SSSR count). The second-order valence-corrected chi connectivity index (χ2v) is 0.575. The van der Waals surface area contributed by atoms with Crippen LogP contribution in [0.2, 0.25) is 0 Å². The molecular formula is C2H4O7Ti. The Kier molecular flexibility index (Phi) is 53.4. The summed E-state index contributed by atoms with van der Waals surface area (Å²) in [7, 11) is 0. The molecule has 7 nitrogen and oxygen atoms in total. The van der Waals surface area contributed by atoms with E-state index in [2.05, 4.69) is 0 Å². The normalized spacial score (nSPS) is 4.40. The van der Waals surface area contributed by atoms with E-state index in [1.54, 1.807) is 0 Å². The Hall–Kier alpha value is -0.466. The molecule has 0 radical (unpaired) electrons. The summed E-state index contributed by atoms with van der Waals surface area (Å²) in [5.74, 6) is -4.37. The average Bonchev–Trinajstić information content (AvgIpc) is 1.36. The third-order valence-corrected chi connectivity index (χ3v) is 0.167. The smallest absolute Gasteiger partial charge is 2.00 e. The quantitative estimate of drug-likeness (QED) is 0.273. The zero-order valence-corrected chi connectivity index (χ0v) is 6.10. The largest absolute Gasteiger partial charge is 4.00 e. The summed E-state index contributed by atoms with van der Waals surface area (Å²) in [5, 5.41) is 17.9. The minimum Gasteiger partial charge on any atom is -2.00 e. The summed E-state index contributed by atoms with van der Waals surface area (Å²) in [6, 6.07) is 0. The van der Waals surface area contributed by atoms with Gasteiger partial charge in [-0.3, -0.25) is 0 Å². The van der Waals surface area contributed by atoms with E-state index >= 15 is 0 Å². The van der Waals surface area contributed by atoms with Crippen LogP contribution in [0.5, 0.6) is 0 Å². The molecule has 0 aromatic carbocycles. The number of hydrogen-bond acceptors (Lipinski definition) is 4. The Balaban J connectivity index is -0.0000000208. The number of hydrogen-bond donors (Lipinski definition) is 0. The Morgan fingerprint density at radius 1 is 0.900 bits per heavy atom. The van der Waals surface area contributed by atoms with E-state index in [0.717, 1.165) is 0 Å². The topological polar surface area (TPSA) is 172 Å². The van der Waals surface area contributed by atoms with Crippen molar-refractivity contribution in [3.05, 3.63) is 0 Å². The molecule has 0 aromatic rings. The summed E-state index contributed by atoms with van der Waals surface area (Å²) in [6.45, 7) is 0.